The van der Waals surface area contributed by atoms with Crippen LogP contribution in [0.15, 0.2) is 24.4 Å². The molecule has 19 heavy (non-hydrogen) atoms. The molecule has 0 aliphatic rings. The van der Waals surface area contributed by atoms with Gasteiger partial charge in [-0.15, -0.1) is 0 Å². The molecule has 1 heterocycles. The van der Waals surface area contributed by atoms with Crippen molar-refractivity contribution in [2.45, 2.75) is 25.4 Å². The SMILES string of the molecule is C[C@H](NC(=O)C(N)CCS(C)(=O)=O)c1ccccn1. The van der Waals surface area contributed by atoms with E-state index in [0.717, 1.165) is 11.9 Å². The van der Waals surface area contributed by atoms with Crippen LogP contribution < -0.4 is 11.1 Å². The highest BCUT2D eigenvalue weighted by molar-refractivity contribution is 7.90. The second-order valence-corrected chi connectivity index (χ2v) is 6.77. The van der Waals surface area contributed by atoms with Crippen LogP contribution in [0.4, 0.5) is 0 Å². The molecule has 3 N–H and O–H groups in total. The van der Waals surface area contributed by atoms with Crippen molar-refractivity contribution in [2.24, 2.45) is 5.73 Å². The highest BCUT2D eigenvalue weighted by Gasteiger charge is 2.18. The third kappa shape index (κ3) is 5.80. The van der Waals surface area contributed by atoms with Crippen LogP contribution in [0, 0.1) is 0 Å². The molecule has 106 valence electrons. The number of sulfone groups is 1. The van der Waals surface area contributed by atoms with Gasteiger partial charge in [0.1, 0.15) is 9.84 Å². The summed E-state index contributed by atoms with van der Waals surface area (Å²) in [6.07, 6.45) is 2.87. The predicted molar refractivity (Wildman–Crippen MR) is 73.1 cm³/mol. The van der Waals surface area contributed by atoms with E-state index in [-0.39, 0.29) is 24.1 Å². The summed E-state index contributed by atoms with van der Waals surface area (Å²) < 4.78 is 22.0. The summed E-state index contributed by atoms with van der Waals surface area (Å²) in [7, 11) is -3.11. The van der Waals surface area contributed by atoms with Gasteiger partial charge in [-0.1, -0.05) is 6.07 Å². The van der Waals surface area contributed by atoms with E-state index in [0.29, 0.717) is 0 Å². The Labute approximate surface area is 113 Å². The molecule has 0 aliphatic carbocycles. The number of nitrogens with two attached hydrogens (primary N) is 1. The number of rotatable bonds is 6. The molecule has 0 saturated carbocycles. The van der Waals surface area contributed by atoms with Crippen molar-refractivity contribution in [1.29, 1.82) is 0 Å². The number of nitrogens with one attached hydrogen (secondary N) is 1. The van der Waals surface area contributed by atoms with Crippen molar-refractivity contribution in [3.05, 3.63) is 30.1 Å². The quantitative estimate of drug-likeness (QED) is 0.767. The average Bonchev–Trinajstić information content (AvgIpc) is 2.36. The molecule has 7 heteroatoms. The lowest BCUT2D eigenvalue weighted by atomic mass is 10.1. The lowest BCUT2D eigenvalue weighted by Crippen LogP contribution is -2.42. The Bertz CT molecular complexity index is 516. The molecule has 1 amide bonds. The standard InChI is InChI=1S/C12H19N3O3S/c1-9(11-5-3-4-7-14-11)15-12(16)10(13)6-8-19(2,17)18/h3-5,7,9-10H,6,8,13H2,1-2H3,(H,15,16)/t9-,10?/m0/s1. The Morgan fingerprint density at radius 1 is 1.47 bits per heavy atom. The molecule has 2 atom stereocenters. The molecule has 0 radical (unpaired) electrons. The first kappa shape index (κ1) is 15.6. The Balaban J connectivity index is 2.50. The third-order valence-corrected chi connectivity index (χ3v) is 3.60. The normalized spacial score (nSPS) is 14.7. The van der Waals surface area contributed by atoms with Gasteiger partial charge in [-0.3, -0.25) is 9.78 Å². The summed E-state index contributed by atoms with van der Waals surface area (Å²) in [6, 6.07) is 4.32. The van der Waals surface area contributed by atoms with Crippen LogP contribution in [0.25, 0.3) is 0 Å². The number of nitrogens with zero attached hydrogens (tertiary/aromatic N) is 1. The molecule has 0 fully saturated rings. The minimum atomic E-state index is -3.11. The van der Waals surface area contributed by atoms with Crippen molar-refractivity contribution in [1.82, 2.24) is 10.3 Å². The summed E-state index contributed by atoms with van der Waals surface area (Å²) in [4.78, 5) is 15.9. The van der Waals surface area contributed by atoms with Crippen LogP contribution in [0.1, 0.15) is 25.1 Å². The van der Waals surface area contributed by atoms with E-state index in [1.165, 1.54) is 0 Å². The second kappa shape index (κ2) is 6.63. The van der Waals surface area contributed by atoms with Gasteiger partial charge < -0.3 is 11.1 Å². The monoisotopic (exact) mass is 285 g/mol. The van der Waals surface area contributed by atoms with Gasteiger partial charge in [0.25, 0.3) is 0 Å². The summed E-state index contributed by atoms with van der Waals surface area (Å²) in [5.74, 6) is -0.471. The number of carbonyl (C=O) groups excluding carboxylic acids is 1. The molecule has 0 bridgehead atoms. The molecule has 0 saturated heterocycles. The van der Waals surface area contributed by atoms with Gasteiger partial charge in [0.05, 0.1) is 23.5 Å². The highest BCUT2D eigenvalue weighted by atomic mass is 32.2. The fourth-order valence-electron chi connectivity index (χ4n) is 1.50. The van der Waals surface area contributed by atoms with Crippen molar-refractivity contribution >= 4 is 15.7 Å². The lowest BCUT2D eigenvalue weighted by Gasteiger charge is -2.16. The Hall–Kier alpha value is -1.47. The largest absolute Gasteiger partial charge is 0.347 e. The summed E-state index contributed by atoms with van der Waals surface area (Å²) in [5, 5.41) is 2.71. The van der Waals surface area contributed by atoms with E-state index < -0.39 is 15.9 Å². The molecule has 1 unspecified atom stereocenters. The van der Waals surface area contributed by atoms with E-state index in [4.69, 9.17) is 5.73 Å². The molecular weight excluding hydrogens is 266 g/mol. The first-order chi connectivity index (χ1) is 8.79. The van der Waals surface area contributed by atoms with E-state index in [2.05, 4.69) is 10.3 Å². The van der Waals surface area contributed by atoms with Gasteiger partial charge in [-0.2, -0.15) is 0 Å². The Kier molecular flexibility index (Phi) is 5.44. The van der Waals surface area contributed by atoms with Crippen LogP contribution >= 0.6 is 0 Å². The van der Waals surface area contributed by atoms with Crippen molar-refractivity contribution in [2.75, 3.05) is 12.0 Å². The molecule has 1 aromatic heterocycles. The molecule has 0 aliphatic heterocycles. The minimum Gasteiger partial charge on any atom is -0.347 e. The van der Waals surface area contributed by atoms with Crippen molar-refractivity contribution < 1.29 is 13.2 Å². The first-order valence-corrected chi connectivity index (χ1v) is 8.00. The van der Waals surface area contributed by atoms with Gasteiger partial charge in [-0.05, 0) is 25.5 Å². The van der Waals surface area contributed by atoms with Gasteiger partial charge in [0.2, 0.25) is 5.91 Å². The second-order valence-electron chi connectivity index (χ2n) is 4.51. The summed E-state index contributed by atoms with van der Waals surface area (Å²) in [5.41, 5.74) is 6.38. The van der Waals surface area contributed by atoms with Crippen LogP contribution in [-0.2, 0) is 14.6 Å². The topological polar surface area (TPSA) is 102 Å². The van der Waals surface area contributed by atoms with Gasteiger partial charge in [0.15, 0.2) is 0 Å². The van der Waals surface area contributed by atoms with Crippen molar-refractivity contribution in [3.8, 4) is 0 Å². The average molecular weight is 285 g/mol. The number of amides is 1. The number of hydrogen-bond donors (Lipinski definition) is 2. The van der Waals surface area contributed by atoms with E-state index >= 15 is 0 Å². The zero-order chi connectivity index (χ0) is 14.5. The van der Waals surface area contributed by atoms with Gasteiger partial charge >= 0.3 is 0 Å². The minimum absolute atomic E-state index is 0.0977. The van der Waals surface area contributed by atoms with Gasteiger partial charge in [-0.25, -0.2) is 8.42 Å². The van der Waals surface area contributed by atoms with Crippen LogP contribution in [0.5, 0.6) is 0 Å². The van der Waals surface area contributed by atoms with Crippen LogP contribution in [-0.4, -0.2) is 37.4 Å². The number of aromatic nitrogens is 1. The molecular formula is C12H19N3O3S. The van der Waals surface area contributed by atoms with E-state index in [9.17, 15) is 13.2 Å². The van der Waals surface area contributed by atoms with E-state index in [1.54, 1.807) is 25.3 Å². The van der Waals surface area contributed by atoms with Crippen molar-refractivity contribution in [3.63, 3.8) is 0 Å². The molecule has 0 aromatic carbocycles. The molecule has 1 rings (SSSR count). The smallest absolute Gasteiger partial charge is 0.237 e. The van der Waals surface area contributed by atoms with Crippen LogP contribution in [0.2, 0.25) is 0 Å². The molecule has 6 nitrogen and oxygen atoms in total. The number of hydrogen-bond acceptors (Lipinski definition) is 5. The van der Waals surface area contributed by atoms with Gasteiger partial charge in [0, 0.05) is 12.5 Å². The fourth-order valence-corrected chi connectivity index (χ4v) is 2.18. The third-order valence-electron chi connectivity index (χ3n) is 2.63. The maximum Gasteiger partial charge on any atom is 0.237 e. The maximum absolute atomic E-state index is 11.8. The Morgan fingerprint density at radius 3 is 2.68 bits per heavy atom. The zero-order valence-electron chi connectivity index (χ0n) is 11.0. The highest BCUT2D eigenvalue weighted by Crippen LogP contribution is 2.08. The predicted octanol–water partition coefficient (Wildman–Crippen LogP) is 0.0208. The number of carbonyl (C=O) groups is 1. The lowest BCUT2D eigenvalue weighted by molar-refractivity contribution is -0.123. The summed E-state index contributed by atoms with van der Waals surface area (Å²) in [6.45, 7) is 1.80. The Morgan fingerprint density at radius 2 is 2.16 bits per heavy atom. The fraction of sp³-hybridized carbons (Fsp3) is 0.500. The zero-order valence-corrected chi connectivity index (χ0v) is 11.9. The first-order valence-electron chi connectivity index (χ1n) is 5.94. The number of pyridine rings is 1. The summed E-state index contributed by atoms with van der Waals surface area (Å²) >= 11 is 0. The van der Waals surface area contributed by atoms with Crippen LogP contribution in [0.3, 0.4) is 0 Å². The van der Waals surface area contributed by atoms with E-state index in [1.807, 2.05) is 6.07 Å². The maximum atomic E-state index is 11.8. The molecule has 0 spiro atoms. The molecule has 1 aromatic rings.